The van der Waals surface area contributed by atoms with Gasteiger partial charge in [0.05, 0.1) is 10.9 Å². The van der Waals surface area contributed by atoms with Crippen LogP contribution in [-0.4, -0.2) is 9.55 Å². The molecule has 0 unspecified atom stereocenters. The molecule has 2 rings (SSSR count). The predicted octanol–water partition coefficient (Wildman–Crippen LogP) is 2.61. The summed E-state index contributed by atoms with van der Waals surface area (Å²) in [5.41, 5.74) is 0.337. The van der Waals surface area contributed by atoms with Crippen LogP contribution in [0.15, 0.2) is 23.0 Å². The Bertz CT molecular complexity index is 644. The summed E-state index contributed by atoms with van der Waals surface area (Å²) in [6.07, 6.45) is 0.804. The number of nitrogens with one attached hydrogen (secondary N) is 1. The quantitative estimate of drug-likeness (QED) is 0.817. The number of aromatic amines is 1. The summed E-state index contributed by atoms with van der Waals surface area (Å²) in [4.78, 5) is 14.9. The Hall–Kier alpha value is -1.49. The Morgan fingerprint density at radius 2 is 2.25 bits per heavy atom. The van der Waals surface area contributed by atoms with Crippen LogP contribution in [0.3, 0.4) is 0 Å². The SMILES string of the molecule is CCCn1c(=S)[nH]c2ccc(F)cc2c1=O. The van der Waals surface area contributed by atoms with Crippen LogP contribution in [-0.2, 0) is 6.54 Å². The fraction of sp³-hybridized carbons (Fsp3) is 0.273. The van der Waals surface area contributed by atoms with E-state index in [9.17, 15) is 9.18 Å². The average molecular weight is 238 g/mol. The number of aromatic nitrogens is 2. The monoisotopic (exact) mass is 238 g/mol. The van der Waals surface area contributed by atoms with E-state index in [1.165, 1.54) is 22.8 Å². The molecule has 0 aliphatic carbocycles. The topological polar surface area (TPSA) is 37.8 Å². The highest BCUT2D eigenvalue weighted by atomic mass is 32.1. The number of fused-ring (bicyclic) bond motifs is 1. The van der Waals surface area contributed by atoms with Crippen LogP contribution in [0.25, 0.3) is 10.9 Å². The second-order valence-electron chi connectivity index (χ2n) is 3.58. The van der Waals surface area contributed by atoms with Gasteiger partial charge in [-0.15, -0.1) is 0 Å². The standard InChI is InChI=1S/C11H11FN2OS/c1-2-5-14-10(15)8-6-7(12)3-4-9(8)13-11(14)16/h3-4,6H,2,5H2,1H3,(H,13,16). The van der Waals surface area contributed by atoms with Crippen molar-refractivity contribution < 1.29 is 4.39 Å². The summed E-state index contributed by atoms with van der Waals surface area (Å²) in [5, 5.41) is 0.335. The minimum absolute atomic E-state index is 0.236. The molecule has 2 aromatic rings. The molecule has 1 aromatic carbocycles. The van der Waals surface area contributed by atoms with Crippen molar-refractivity contribution in [3.63, 3.8) is 0 Å². The zero-order valence-electron chi connectivity index (χ0n) is 8.79. The first kappa shape index (κ1) is 11.0. The van der Waals surface area contributed by atoms with Crippen molar-refractivity contribution in [1.29, 1.82) is 0 Å². The molecule has 0 bridgehead atoms. The first-order valence-corrected chi connectivity index (χ1v) is 5.46. The molecule has 1 heterocycles. The molecule has 84 valence electrons. The van der Waals surface area contributed by atoms with Crippen LogP contribution in [0.4, 0.5) is 4.39 Å². The lowest BCUT2D eigenvalue weighted by atomic mass is 10.2. The van der Waals surface area contributed by atoms with Crippen molar-refractivity contribution in [2.45, 2.75) is 19.9 Å². The molecule has 0 aliphatic rings. The Kier molecular flexibility index (Phi) is 2.87. The Morgan fingerprint density at radius 3 is 2.94 bits per heavy atom. The highest BCUT2D eigenvalue weighted by Gasteiger charge is 2.05. The number of rotatable bonds is 2. The van der Waals surface area contributed by atoms with Gasteiger partial charge in [0.1, 0.15) is 5.82 Å². The summed E-state index contributed by atoms with van der Waals surface area (Å²) < 4.78 is 14.9. The highest BCUT2D eigenvalue weighted by Crippen LogP contribution is 2.09. The summed E-state index contributed by atoms with van der Waals surface area (Å²) in [6, 6.07) is 4.06. The normalized spacial score (nSPS) is 10.9. The van der Waals surface area contributed by atoms with E-state index in [2.05, 4.69) is 4.98 Å². The van der Waals surface area contributed by atoms with Gasteiger partial charge >= 0.3 is 0 Å². The Labute approximate surface area is 96.5 Å². The number of H-pyrrole nitrogens is 1. The van der Waals surface area contributed by atoms with Gasteiger partial charge in [0.15, 0.2) is 4.77 Å². The molecule has 0 saturated heterocycles. The first-order chi connectivity index (χ1) is 7.63. The number of halogens is 1. The van der Waals surface area contributed by atoms with Crippen molar-refractivity contribution in [3.8, 4) is 0 Å². The zero-order valence-corrected chi connectivity index (χ0v) is 9.60. The van der Waals surface area contributed by atoms with Gasteiger partial charge in [-0.05, 0) is 36.8 Å². The largest absolute Gasteiger partial charge is 0.332 e. The second kappa shape index (κ2) is 4.17. The van der Waals surface area contributed by atoms with Gasteiger partial charge in [0.2, 0.25) is 0 Å². The van der Waals surface area contributed by atoms with Crippen LogP contribution >= 0.6 is 12.2 Å². The van der Waals surface area contributed by atoms with Gasteiger partial charge in [0, 0.05) is 6.54 Å². The van der Waals surface area contributed by atoms with E-state index in [1.54, 1.807) is 0 Å². The van der Waals surface area contributed by atoms with Crippen molar-refractivity contribution in [1.82, 2.24) is 9.55 Å². The average Bonchev–Trinajstić information content (AvgIpc) is 2.26. The van der Waals surface area contributed by atoms with Gasteiger partial charge in [0.25, 0.3) is 5.56 Å². The van der Waals surface area contributed by atoms with Crippen LogP contribution in [0.5, 0.6) is 0 Å². The maximum absolute atomic E-state index is 13.0. The van der Waals surface area contributed by atoms with Crippen molar-refractivity contribution >= 4 is 23.1 Å². The molecule has 0 radical (unpaired) electrons. The molecule has 0 amide bonds. The van der Waals surface area contributed by atoms with E-state index in [4.69, 9.17) is 12.2 Å². The van der Waals surface area contributed by atoms with Crippen molar-refractivity contribution in [3.05, 3.63) is 39.1 Å². The number of benzene rings is 1. The molecule has 1 N–H and O–H groups in total. The number of hydrogen-bond donors (Lipinski definition) is 1. The molecule has 5 heteroatoms. The fourth-order valence-electron chi connectivity index (χ4n) is 1.65. The van der Waals surface area contributed by atoms with Crippen LogP contribution in [0.2, 0.25) is 0 Å². The minimum atomic E-state index is -0.418. The summed E-state index contributed by atoms with van der Waals surface area (Å²) in [7, 11) is 0. The third-order valence-corrected chi connectivity index (χ3v) is 2.71. The fourth-order valence-corrected chi connectivity index (χ4v) is 1.93. The van der Waals surface area contributed by atoms with Gasteiger partial charge in [-0.2, -0.15) is 0 Å². The lowest BCUT2D eigenvalue weighted by molar-refractivity contribution is 0.624. The Morgan fingerprint density at radius 1 is 1.50 bits per heavy atom. The van der Waals surface area contributed by atoms with E-state index in [0.29, 0.717) is 22.2 Å². The predicted molar refractivity (Wildman–Crippen MR) is 63.6 cm³/mol. The van der Waals surface area contributed by atoms with E-state index in [-0.39, 0.29) is 5.56 Å². The molecule has 0 atom stereocenters. The van der Waals surface area contributed by atoms with Gasteiger partial charge < -0.3 is 4.98 Å². The van der Waals surface area contributed by atoms with E-state index < -0.39 is 5.82 Å². The van der Waals surface area contributed by atoms with Gasteiger partial charge in [-0.3, -0.25) is 9.36 Å². The molecule has 0 aliphatic heterocycles. The van der Waals surface area contributed by atoms with Crippen molar-refractivity contribution in [2.75, 3.05) is 0 Å². The summed E-state index contributed by atoms with van der Waals surface area (Å²) in [6.45, 7) is 2.50. The minimum Gasteiger partial charge on any atom is -0.332 e. The van der Waals surface area contributed by atoms with Gasteiger partial charge in [-0.1, -0.05) is 6.92 Å². The summed E-state index contributed by atoms with van der Waals surface area (Å²) >= 11 is 5.08. The molecule has 1 aromatic heterocycles. The Balaban J connectivity index is 2.85. The third kappa shape index (κ3) is 1.78. The van der Waals surface area contributed by atoms with E-state index in [0.717, 1.165) is 6.42 Å². The maximum atomic E-state index is 13.0. The van der Waals surface area contributed by atoms with Crippen LogP contribution in [0, 0.1) is 10.6 Å². The molecule has 0 saturated carbocycles. The van der Waals surface area contributed by atoms with Gasteiger partial charge in [-0.25, -0.2) is 4.39 Å². The van der Waals surface area contributed by atoms with E-state index in [1.807, 2.05) is 6.92 Å². The zero-order chi connectivity index (χ0) is 11.7. The summed E-state index contributed by atoms with van der Waals surface area (Å²) in [5.74, 6) is -0.418. The third-order valence-electron chi connectivity index (χ3n) is 2.39. The van der Waals surface area contributed by atoms with Crippen molar-refractivity contribution in [2.24, 2.45) is 0 Å². The molecular weight excluding hydrogens is 227 g/mol. The molecule has 3 nitrogen and oxygen atoms in total. The molecule has 0 spiro atoms. The molecule has 16 heavy (non-hydrogen) atoms. The van der Waals surface area contributed by atoms with Crippen LogP contribution in [0.1, 0.15) is 13.3 Å². The lowest BCUT2D eigenvalue weighted by Crippen LogP contribution is -2.22. The highest BCUT2D eigenvalue weighted by molar-refractivity contribution is 7.71. The second-order valence-corrected chi connectivity index (χ2v) is 3.96. The molecule has 0 fully saturated rings. The van der Waals surface area contributed by atoms with Crippen LogP contribution < -0.4 is 5.56 Å². The smallest absolute Gasteiger partial charge is 0.262 e. The number of hydrogen-bond acceptors (Lipinski definition) is 2. The maximum Gasteiger partial charge on any atom is 0.262 e. The first-order valence-electron chi connectivity index (χ1n) is 5.06. The van der Waals surface area contributed by atoms with E-state index >= 15 is 0 Å². The number of nitrogens with zero attached hydrogens (tertiary/aromatic N) is 1. The molecular formula is C11H11FN2OS. The lowest BCUT2D eigenvalue weighted by Gasteiger charge is -2.06.